The van der Waals surface area contributed by atoms with Gasteiger partial charge in [0.2, 0.25) is 0 Å². The number of hydrogen-bond acceptors (Lipinski definition) is 2. The Labute approximate surface area is 130 Å². The van der Waals surface area contributed by atoms with E-state index in [0.717, 1.165) is 39.9 Å². The lowest BCUT2D eigenvalue weighted by Gasteiger charge is -2.21. The van der Waals surface area contributed by atoms with Crippen molar-refractivity contribution < 1.29 is 0 Å². The molecule has 1 N–H and O–H groups in total. The van der Waals surface area contributed by atoms with E-state index >= 15 is 0 Å². The molecule has 0 amide bonds. The zero-order valence-corrected chi connectivity index (χ0v) is 13.2. The van der Waals surface area contributed by atoms with E-state index < -0.39 is 0 Å². The molecule has 0 saturated heterocycles. The first kappa shape index (κ1) is 15.2. The largest absolute Gasteiger partial charge is 0.370 e. The highest BCUT2D eigenvalue weighted by molar-refractivity contribution is 6.31. The average Bonchev–Trinajstić information content (AvgIpc) is 2.43. The molecule has 0 radical (unpaired) electrons. The van der Waals surface area contributed by atoms with Crippen LogP contribution in [0, 0.1) is 0 Å². The van der Waals surface area contributed by atoms with Gasteiger partial charge in [-0.1, -0.05) is 47.5 Å². The van der Waals surface area contributed by atoms with Crippen LogP contribution in [0.3, 0.4) is 0 Å². The van der Waals surface area contributed by atoms with Crippen LogP contribution in [0.15, 0.2) is 42.5 Å². The summed E-state index contributed by atoms with van der Waals surface area (Å²) in [5, 5.41) is 4.67. The number of rotatable bonds is 5. The Balaban J connectivity index is 2.15. The maximum absolute atomic E-state index is 6.29. The summed E-state index contributed by atoms with van der Waals surface area (Å²) in [7, 11) is 3.94. The van der Waals surface area contributed by atoms with E-state index in [-0.39, 0.29) is 0 Å². The van der Waals surface area contributed by atoms with Crippen LogP contribution in [0.4, 0.5) is 5.69 Å². The third-order valence-corrected chi connectivity index (χ3v) is 3.93. The van der Waals surface area contributed by atoms with Gasteiger partial charge < -0.3 is 10.2 Å². The lowest BCUT2D eigenvalue weighted by molar-refractivity contribution is 0.817. The zero-order valence-electron chi connectivity index (χ0n) is 11.7. The predicted molar refractivity (Wildman–Crippen MR) is 87.8 cm³/mol. The molecule has 2 rings (SSSR count). The van der Waals surface area contributed by atoms with Crippen LogP contribution in [-0.4, -0.2) is 14.1 Å². The van der Waals surface area contributed by atoms with Gasteiger partial charge in [0.15, 0.2) is 0 Å². The Morgan fingerprint density at radius 2 is 1.75 bits per heavy atom. The highest BCUT2D eigenvalue weighted by Gasteiger charge is 2.07. The molecule has 2 aromatic rings. The lowest BCUT2D eigenvalue weighted by atomic mass is 10.1. The molecule has 20 heavy (non-hydrogen) atoms. The van der Waals surface area contributed by atoms with Gasteiger partial charge in [-0.25, -0.2) is 0 Å². The van der Waals surface area contributed by atoms with Crippen molar-refractivity contribution in [3.8, 4) is 0 Å². The van der Waals surface area contributed by atoms with E-state index in [9.17, 15) is 0 Å². The minimum absolute atomic E-state index is 0.751. The molecule has 0 aliphatic carbocycles. The fourth-order valence-electron chi connectivity index (χ4n) is 2.08. The van der Waals surface area contributed by atoms with Crippen LogP contribution < -0.4 is 10.2 Å². The van der Waals surface area contributed by atoms with Gasteiger partial charge in [-0.2, -0.15) is 0 Å². The van der Waals surface area contributed by atoms with Gasteiger partial charge >= 0.3 is 0 Å². The molecular weight excluding hydrogens is 291 g/mol. The monoisotopic (exact) mass is 308 g/mol. The molecular formula is C16H18Cl2N2. The first-order valence-corrected chi connectivity index (χ1v) is 7.25. The molecule has 0 heterocycles. The van der Waals surface area contributed by atoms with E-state index in [2.05, 4.69) is 22.3 Å². The smallest absolute Gasteiger partial charge is 0.0471 e. The Kier molecular flexibility index (Phi) is 5.30. The molecule has 4 heteroatoms. The third-order valence-electron chi connectivity index (χ3n) is 3.21. The molecule has 0 aliphatic heterocycles. The van der Waals surface area contributed by atoms with Crippen molar-refractivity contribution in [2.75, 3.05) is 19.0 Å². The van der Waals surface area contributed by atoms with Crippen LogP contribution >= 0.6 is 23.2 Å². The molecule has 0 bridgehead atoms. The van der Waals surface area contributed by atoms with Crippen molar-refractivity contribution in [1.29, 1.82) is 0 Å². The van der Waals surface area contributed by atoms with Crippen molar-refractivity contribution in [1.82, 2.24) is 5.32 Å². The minimum atomic E-state index is 0.751. The minimum Gasteiger partial charge on any atom is -0.370 e. The molecule has 2 nitrogen and oxygen atoms in total. The lowest BCUT2D eigenvalue weighted by Crippen LogP contribution is -2.17. The van der Waals surface area contributed by atoms with Crippen LogP contribution in [0.1, 0.15) is 11.1 Å². The standard InChI is InChI=1S/C16H18Cl2N2/c1-19-10-12-7-8-14(9-16(12)18)20(2)11-13-5-3-4-6-15(13)17/h3-9,19H,10-11H2,1-2H3. The van der Waals surface area contributed by atoms with E-state index in [4.69, 9.17) is 23.2 Å². The van der Waals surface area contributed by atoms with E-state index in [1.807, 2.05) is 44.4 Å². The van der Waals surface area contributed by atoms with Crippen LogP contribution in [0.25, 0.3) is 0 Å². The van der Waals surface area contributed by atoms with Gasteiger partial charge in [-0.15, -0.1) is 0 Å². The second kappa shape index (κ2) is 6.98. The normalized spacial score (nSPS) is 10.6. The molecule has 0 unspecified atom stereocenters. The summed E-state index contributed by atoms with van der Waals surface area (Å²) in [6, 6.07) is 14.0. The number of nitrogens with zero attached hydrogens (tertiary/aromatic N) is 1. The van der Waals surface area contributed by atoms with Crippen molar-refractivity contribution in [3.63, 3.8) is 0 Å². The van der Waals surface area contributed by atoms with Crippen LogP contribution in [0.5, 0.6) is 0 Å². The molecule has 2 aromatic carbocycles. The first-order valence-electron chi connectivity index (χ1n) is 6.49. The van der Waals surface area contributed by atoms with Crippen molar-refractivity contribution >= 4 is 28.9 Å². The summed E-state index contributed by atoms with van der Waals surface area (Å²) >= 11 is 12.5. The maximum atomic E-state index is 6.29. The van der Waals surface area contributed by atoms with Crippen molar-refractivity contribution in [2.24, 2.45) is 0 Å². The van der Waals surface area contributed by atoms with Gasteiger partial charge in [-0.05, 0) is 36.4 Å². The summed E-state index contributed by atoms with van der Waals surface area (Å²) in [6.45, 7) is 1.52. The molecule has 0 aliphatic rings. The van der Waals surface area contributed by atoms with Gasteiger partial charge in [0, 0.05) is 35.9 Å². The number of anilines is 1. The number of benzene rings is 2. The number of hydrogen-bond donors (Lipinski definition) is 1. The Bertz CT molecular complexity index is 584. The van der Waals surface area contributed by atoms with Gasteiger partial charge in [0.05, 0.1) is 0 Å². The molecule has 0 fully saturated rings. The Morgan fingerprint density at radius 1 is 1.00 bits per heavy atom. The van der Waals surface area contributed by atoms with E-state index in [1.165, 1.54) is 0 Å². The quantitative estimate of drug-likeness (QED) is 0.883. The Hall–Kier alpha value is -1.22. The van der Waals surface area contributed by atoms with E-state index in [1.54, 1.807) is 0 Å². The van der Waals surface area contributed by atoms with Crippen molar-refractivity contribution in [2.45, 2.75) is 13.1 Å². The third kappa shape index (κ3) is 3.66. The van der Waals surface area contributed by atoms with Crippen molar-refractivity contribution in [3.05, 3.63) is 63.6 Å². The SMILES string of the molecule is CNCc1ccc(N(C)Cc2ccccc2Cl)cc1Cl. The molecule has 0 spiro atoms. The number of nitrogens with one attached hydrogen (secondary N) is 1. The van der Waals surface area contributed by atoms with Gasteiger partial charge in [-0.3, -0.25) is 0 Å². The Morgan fingerprint density at radius 3 is 2.40 bits per heavy atom. The first-order chi connectivity index (χ1) is 9.61. The summed E-state index contributed by atoms with van der Waals surface area (Å²) in [4.78, 5) is 2.14. The van der Waals surface area contributed by atoms with Crippen LogP contribution in [0.2, 0.25) is 10.0 Å². The molecule has 0 atom stereocenters. The van der Waals surface area contributed by atoms with Gasteiger partial charge in [0.1, 0.15) is 0 Å². The second-order valence-electron chi connectivity index (χ2n) is 4.75. The highest BCUT2D eigenvalue weighted by atomic mass is 35.5. The second-order valence-corrected chi connectivity index (χ2v) is 5.57. The zero-order chi connectivity index (χ0) is 14.5. The fraction of sp³-hybridized carbons (Fsp3) is 0.250. The summed E-state index contributed by atoms with van der Waals surface area (Å²) in [5.41, 5.74) is 3.28. The molecule has 0 saturated carbocycles. The summed E-state index contributed by atoms with van der Waals surface area (Å²) in [6.07, 6.45) is 0. The maximum Gasteiger partial charge on any atom is 0.0471 e. The van der Waals surface area contributed by atoms with Crippen LogP contribution in [-0.2, 0) is 13.1 Å². The van der Waals surface area contributed by atoms with Gasteiger partial charge in [0.25, 0.3) is 0 Å². The average molecular weight is 309 g/mol. The molecule has 0 aromatic heterocycles. The highest BCUT2D eigenvalue weighted by Crippen LogP contribution is 2.25. The fourth-order valence-corrected chi connectivity index (χ4v) is 2.52. The topological polar surface area (TPSA) is 15.3 Å². The van der Waals surface area contributed by atoms with E-state index in [0.29, 0.717) is 0 Å². The predicted octanol–water partition coefficient (Wildman–Crippen LogP) is 4.35. The molecule has 106 valence electrons. The summed E-state index contributed by atoms with van der Waals surface area (Å²) < 4.78 is 0. The number of halogens is 2. The summed E-state index contributed by atoms with van der Waals surface area (Å²) in [5.74, 6) is 0.